The Labute approximate surface area is 181 Å². The Morgan fingerprint density at radius 3 is 2.80 bits per heavy atom. The Morgan fingerprint density at radius 1 is 1.17 bits per heavy atom. The molecule has 30 heavy (non-hydrogen) atoms. The average molecular weight is 409 g/mol. The van der Waals surface area contributed by atoms with E-state index in [4.69, 9.17) is 0 Å². The number of aryl methyl sites for hydroxylation is 1. The SMILES string of the molecule is Cc1ccc[n+](CC(=O)[C@H]2CC[C@H]3[C@@H]4CC=C5C[C@H](O)CC[C@]5(C)[C@H]4CC[C@]23C)c1. The van der Waals surface area contributed by atoms with E-state index in [1.54, 1.807) is 0 Å². The molecule has 3 fully saturated rings. The Kier molecular flexibility index (Phi) is 4.96. The number of fused-ring (bicyclic) bond motifs is 5. The first-order valence-corrected chi connectivity index (χ1v) is 12.2. The van der Waals surface area contributed by atoms with Gasteiger partial charge in [-0.3, -0.25) is 4.79 Å². The predicted octanol–water partition coefficient (Wildman–Crippen LogP) is 4.79. The summed E-state index contributed by atoms with van der Waals surface area (Å²) in [6.45, 7) is 7.53. The zero-order chi connectivity index (χ0) is 21.1. The first-order chi connectivity index (χ1) is 14.3. The maximum atomic E-state index is 13.4. The van der Waals surface area contributed by atoms with Crippen molar-refractivity contribution in [3.05, 3.63) is 41.7 Å². The van der Waals surface area contributed by atoms with E-state index in [2.05, 4.69) is 43.7 Å². The van der Waals surface area contributed by atoms with Gasteiger partial charge in [-0.05, 0) is 92.9 Å². The number of allylic oxidation sites excluding steroid dienone is 1. The predicted molar refractivity (Wildman–Crippen MR) is 118 cm³/mol. The third kappa shape index (κ3) is 3.11. The summed E-state index contributed by atoms with van der Waals surface area (Å²) in [5.41, 5.74) is 3.19. The molecule has 0 bridgehead atoms. The smallest absolute Gasteiger partial charge is 0.206 e. The van der Waals surface area contributed by atoms with Gasteiger partial charge in [0.05, 0.1) is 6.10 Å². The molecule has 1 aromatic heterocycles. The van der Waals surface area contributed by atoms with Crippen LogP contribution in [0.2, 0.25) is 0 Å². The minimum Gasteiger partial charge on any atom is -0.393 e. The molecule has 162 valence electrons. The van der Waals surface area contributed by atoms with Gasteiger partial charge in [0.1, 0.15) is 0 Å². The summed E-state index contributed by atoms with van der Waals surface area (Å²) in [6, 6.07) is 4.13. The highest BCUT2D eigenvalue weighted by molar-refractivity contribution is 5.81. The maximum absolute atomic E-state index is 13.4. The van der Waals surface area contributed by atoms with E-state index in [9.17, 15) is 9.90 Å². The van der Waals surface area contributed by atoms with Crippen LogP contribution in [-0.2, 0) is 11.3 Å². The Hall–Kier alpha value is -1.48. The number of carbonyl (C=O) groups excluding carboxylic acids is 1. The lowest BCUT2D eigenvalue weighted by atomic mass is 9.47. The fourth-order valence-electron chi connectivity index (χ4n) is 8.21. The normalized spacial score (nSPS) is 42.7. The molecule has 3 heteroatoms. The number of rotatable bonds is 3. The lowest BCUT2D eigenvalue weighted by molar-refractivity contribution is -0.685. The van der Waals surface area contributed by atoms with E-state index < -0.39 is 0 Å². The molecule has 1 aromatic rings. The molecule has 7 atom stereocenters. The van der Waals surface area contributed by atoms with E-state index in [0.29, 0.717) is 18.2 Å². The number of hydrogen-bond donors (Lipinski definition) is 1. The van der Waals surface area contributed by atoms with Gasteiger partial charge in [0.2, 0.25) is 12.3 Å². The first-order valence-electron chi connectivity index (χ1n) is 12.2. The molecule has 3 saturated carbocycles. The minimum absolute atomic E-state index is 0.137. The quantitative estimate of drug-likeness (QED) is 0.577. The van der Waals surface area contributed by atoms with Gasteiger partial charge >= 0.3 is 0 Å². The molecule has 0 spiro atoms. The topological polar surface area (TPSA) is 41.2 Å². The molecule has 5 rings (SSSR count). The van der Waals surface area contributed by atoms with Crippen LogP contribution in [0.3, 0.4) is 0 Å². The third-order valence-corrected chi connectivity index (χ3v) is 9.81. The summed E-state index contributed by atoms with van der Waals surface area (Å²) < 4.78 is 2.07. The Balaban J connectivity index is 1.37. The van der Waals surface area contributed by atoms with Gasteiger partial charge in [0.25, 0.3) is 0 Å². The highest BCUT2D eigenvalue weighted by atomic mass is 16.3. The second-order valence-corrected chi connectivity index (χ2v) is 11.4. The van der Waals surface area contributed by atoms with Crippen LogP contribution in [0.5, 0.6) is 0 Å². The van der Waals surface area contributed by atoms with Gasteiger partial charge in [-0.15, -0.1) is 0 Å². The van der Waals surface area contributed by atoms with Gasteiger partial charge < -0.3 is 5.11 Å². The molecule has 3 nitrogen and oxygen atoms in total. The van der Waals surface area contributed by atoms with Crippen LogP contribution in [0.25, 0.3) is 0 Å². The van der Waals surface area contributed by atoms with Crippen LogP contribution in [0.4, 0.5) is 0 Å². The third-order valence-electron chi connectivity index (χ3n) is 9.81. The number of aliphatic hydroxyl groups excluding tert-OH is 1. The van der Waals surface area contributed by atoms with Crippen LogP contribution in [0.15, 0.2) is 36.2 Å². The van der Waals surface area contributed by atoms with Crippen molar-refractivity contribution >= 4 is 5.78 Å². The summed E-state index contributed by atoms with van der Waals surface area (Å²) in [7, 11) is 0. The molecule has 4 aliphatic carbocycles. The lowest BCUT2D eigenvalue weighted by Gasteiger charge is -2.57. The van der Waals surface area contributed by atoms with Crippen molar-refractivity contribution in [2.75, 3.05) is 0 Å². The molecule has 0 amide bonds. The molecule has 0 aromatic carbocycles. The number of carbonyl (C=O) groups is 1. The second-order valence-electron chi connectivity index (χ2n) is 11.4. The van der Waals surface area contributed by atoms with Crippen molar-refractivity contribution in [3.8, 4) is 0 Å². The summed E-state index contributed by atoms with van der Waals surface area (Å²) in [6.07, 6.45) is 15.3. The van der Waals surface area contributed by atoms with Crippen molar-refractivity contribution < 1.29 is 14.5 Å². The molecule has 0 aliphatic heterocycles. The summed E-state index contributed by atoms with van der Waals surface area (Å²) >= 11 is 0. The summed E-state index contributed by atoms with van der Waals surface area (Å²) in [5.74, 6) is 2.78. The number of ketones is 1. The number of Topliss-reactive ketones (excluding diaryl/α,β-unsaturated/α-hetero) is 1. The molecule has 4 aliphatic rings. The molecular formula is C27H38NO2+. The van der Waals surface area contributed by atoms with E-state index in [0.717, 1.165) is 43.9 Å². The lowest BCUT2D eigenvalue weighted by Crippen LogP contribution is -2.51. The van der Waals surface area contributed by atoms with Crippen LogP contribution >= 0.6 is 0 Å². The van der Waals surface area contributed by atoms with E-state index >= 15 is 0 Å². The van der Waals surface area contributed by atoms with Gasteiger partial charge in [-0.25, -0.2) is 0 Å². The van der Waals surface area contributed by atoms with Crippen LogP contribution in [-0.4, -0.2) is 17.0 Å². The molecule has 1 heterocycles. The number of pyridine rings is 1. The highest BCUT2D eigenvalue weighted by Gasteiger charge is 2.59. The average Bonchev–Trinajstić information content (AvgIpc) is 3.06. The van der Waals surface area contributed by atoms with Crippen LogP contribution in [0, 0.1) is 41.4 Å². The molecular weight excluding hydrogens is 370 g/mol. The Bertz CT molecular complexity index is 875. The van der Waals surface area contributed by atoms with E-state index in [1.807, 2.05) is 12.3 Å². The maximum Gasteiger partial charge on any atom is 0.206 e. The monoisotopic (exact) mass is 408 g/mol. The van der Waals surface area contributed by atoms with Crippen LogP contribution in [0.1, 0.15) is 70.8 Å². The van der Waals surface area contributed by atoms with Gasteiger partial charge in [-0.1, -0.05) is 25.5 Å². The molecule has 0 radical (unpaired) electrons. The standard InChI is InChI=1S/C27H38NO2/c1-18-5-4-14-28(16-18)17-25(30)24-9-8-22-21-7-6-19-15-20(29)10-12-26(19,2)23(21)11-13-27(22,24)3/h4-6,14,16,20-24,29H,7-13,15,17H2,1-3H3/q+1/t20-,21+,22+,23+,24-,26+,27+/m1/s1. The minimum atomic E-state index is -0.137. The van der Waals surface area contributed by atoms with Crippen LogP contribution < -0.4 is 4.57 Å². The van der Waals surface area contributed by atoms with Crippen molar-refractivity contribution in [3.63, 3.8) is 0 Å². The molecule has 1 N–H and O–H groups in total. The zero-order valence-corrected chi connectivity index (χ0v) is 18.9. The number of aliphatic hydroxyl groups is 1. The Morgan fingerprint density at radius 2 is 2.00 bits per heavy atom. The highest BCUT2D eigenvalue weighted by Crippen LogP contribution is 2.66. The van der Waals surface area contributed by atoms with Crippen molar-refractivity contribution in [2.24, 2.45) is 34.5 Å². The fraction of sp³-hybridized carbons (Fsp3) is 0.704. The number of aromatic nitrogens is 1. The van der Waals surface area contributed by atoms with E-state index in [-0.39, 0.29) is 22.9 Å². The summed E-state index contributed by atoms with van der Waals surface area (Å²) in [5, 5.41) is 10.2. The van der Waals surface area contributed by atoms with Crippen molar-refractivity contribution in [1.82, 2.24) is 0 Å². The van der Waals surface area contributed by atoms with E-state index in [1.165, 1.54) is 30.4 Å². The van der Waals surface area contributed by atoms with Crippen molar-refractivity contribution in [2.45, 2.75) is 84.8 Å². The largest absolute Gasteiger partial charge is 0.393 e. The zero-order valence-electron chi connectivity index (χ0n) is 18.9. The van der Waals surface area contributed by atoms with Crippen molar-refractivity contribution in [1.29, 1.82) is 0 Å². The molecule has 0 unspecified atom stereocenters. The summed E-state index contributed by atoms with van der Waals surface area (Å²) in [4.78, 5) is 13.4. The second kappa shape index (κ2) is 7.29. The number of hydrogen-bond acceptors (Lipinski definition) is 2. The van der Waals surface area contributed by atoms with Gasteiger partial charge in [-0.2, -0.15) is 4.57 Å². The molecule has 0 saturated heterocycles. The van der Waals surface area contributed by atoms with Gasteiger partial charge in [0, 0.05) is 17.5 Å². The first kappa shape index (κ1) is 20.4. The van der Waals surface area contributed by atoms with Gasteiger partial charge in [0.15, 0.2) is 12.4 Å². The fourth-order valence-corrected chi connectivity index (χ4v) is 8.21. The number of nitrogens with zero attached hydrogens (tertiary/aromatic N) is 1.